The number of nitrogen functional groups attached to an aromatic ring is 1. The molecule has 1 aromatic heterocycles. The summed E-state index contributed by atoms with van der Waals surface area (Å²) in [6, 6.07) is 3.36. The van der Waals surface area contributed by atoms with Crippen LogP contribution < -0.4 is 10.5 Å². The molecule has 4 N–H and O–H groups in total. The number of aromatic amines is 1. The van der Waals surface area contributed by atoms with Gasteiger partial charge in [0.15, 0.2) is 0 Å². The van der Waals surface area contributed by atoms with Crippen LogP contribution in [0.5, 0.6) is 0 Å². The van der Waals surface area contributed by atoms with Crippen molar-refractivity contribution >= 4 is 21.5 Å². The molecule has 0 aliphatic rings. The van der Waals surface area contributed by atoms with Crippen molar-refractivity contribution in [3.05, 3.63) is 35.0 Å². The standard InChI is InChI=1S/C13H18N4O2S/c1-4-10-7-15-16-13(10)17-20(18,19)12-6-8(2)5-11(14)9(12)3/h5-7H,4,14H2,1-3H3,(H2,15,16,17). The summed E-state index contributed by atoms with van der Waals surface area (Å²) in [7, 11) is -3.69. The lowest BCUT2D eigenvalue weighted by molar-refractivity contribution is 0.600. The van der Waals surface area contributed by atoms with Gasteiger partial charge in [0, 0.05) is 11.3 Å². The Bertz CT molecular complexity index is 735. The Morgan fingerprint density at radius 1 is 1.35 bits per heavy atom. The predicted molar refractivity (Wildman–Crippen MR) is 79.1 cm³/mol. The molecular weight excluding hydrogens is 276 g/mol. The number of nitrogens with zero attached hydrogens (tertiary/aromatic N) is 1. The molecule has 0 saturated carbocycles. The van der Waals surface area contributed by atoms with Gasteiger partial charge in [-0.2, -0.15) is 5.10 Å². The largest absolute Gasteiger partial charge is 0.398 e. The number of hydrogen-bond acceptors (Lipinski definition) is 4. The second-order valence-corrected chi connectivity index (χ2v) is 6.36. The van der Waals surface area contributed by atoms with Gasteiger partial charge in [-0.05, 0) is 43.5 Å². The normalized spacial score (nSPS) is 11.6. The minimum atomic E-state index is -3.69. The summed E-state index contributed by atoms with van der Waals surface area (Å²) in [5.74, 6) is 0.395. The second-order valence-electron chi connectivity index (χ2n) is 4.71. The van der Waals surface area contributed by atoms with E-state index >= 15 is 0 Å². The predicted octanol–water partition coefficient (Wildman–Crippen LogP) is 1.97. The number of nitrogens with one attached hydrogen (secondary N) is 2. The monoisotopic (exact) mass is 294 g/mol. The Balaban J connectivity index is 2.46. The summed E-state index contributed by atoms with van der Waals surface area (Å²) < 4.78 is 27.5. The van der Waals surface area contributed by atoms with Crippen molar-refractivity contribution in [2.75, 3.05) is 10.5 Å². The number of aryl methyl sites for hydroxylation is 2. The van der Waals surface area contributed by atoms with E-state index in [0.29, 0.717) is 23.5 Å². The number of H-pyrrole nitrogens is 1. The molecule has 108 valence electrons. The van der Waals surface area contributed by atoms with Gasteiger partial charge in [0.05, 0.1) is 11.1 Å². The van der Waals surface area contributed by atoms with Crippen LogP contribution in [0.1, 0.15) is 23.6 Å². The van der Waals surface area contributed by atoms with Crippen LogP contribution >= 0.6 is 0 Å². The van der Waals surface area contributed by atoms with Crippen molar-refractivity contribution in [2.45, 2.75) is 32.1 Å². The summed E-state index contributed by atoms with van der Waals surface area (Å²) in [5.41, 5.74) is 8.45. The zero-order valence-corrected chi connectivity index (χ0v) is 12.5. The molecule has 0 bridgehead atoms. The third-order valence-corrected chi connectivity index (χ3v) is 4.65. The van der Waals surface area contributed by atoms with Crippen molar-refractivity contribution in [2.24, 2.45) is 0 Å². The van der Waals surface area contributed by atoms with Gasteiger partial charge in [-0.25, -0.2) is 8.42 Å². The molecule has 2 aromatic rings. The molecule has 0 atom stereocenters. The maximum absolute atomic E-state index is 12.5. The molecule has 0 amide bonds. The molecule has 7 heteroatoms. The van der Waals surface area contributed by atoms with E-state index in [1.165, 1.54) is 0 Å². The summed E-state index contributed by atoms with van der Waals surface area (Å²) >= 11 is 0. The van der Waals surface area contributed by atoms with Gasteiger partial charge in [0.2, 0.25) is 0 Å². The highest BCUT2D eigenvalue weighted by Crippen LogP contribution is 2.25. The van der Waals surface area contributed by atoms with Crippen LogP contribution in [-0.2, 0) is 16.4 Å². The second kappa shape index (κ2) is 5.16. The fraction of sp³-hybridized carbons (Fsp3) is 0.308. The highest BCUT2D eigenvalue weighted by molar-refractivity contribution is 7.92. The van der Waals surface area contributed by atoms with Crippen molar-refractivity contribution < 1.29 is 8.42 Å². The van der Waals surface area contributed by atoms with Crippen molar-refractivity contribution in [1.82, 2.24) is 10.2 Å². The quantitative estimate of drug-likeness (QED) is 0.750. The molecule has 0 fully saturated rings. The maximum atomic E-state index is 12.5. The van der Waals surface area contributed by atoms with Gasteiger partial charge < -0.3 is 5.73 Å². The first-order chi connectivity index (χ1) is 9.35. The van der Waals surface area contributed by atoms with E-state index in [-0.39, 0.29) is 4.90 Å². The SMILES string of the molecule is CCc1cn[nH]c1NS(=O)(=O)c1cc(C)cc(N)c1C. The van der Waals surface area contributed by atoms with Gasteiger partial charge in [0.1, 0.15) is 5.82 Å². The zero-order valence-electron chi connectivity index (χ0n) is 11.7. The summed E-state index contributed by atoms with van der Waals surface area (Å²) in [6.07, 6.45) is 2.29. The highest BCUT2D eigenvalue weighted by atomic mass is 32.2. The lowest BCUT2D eigenvalue weighted by atomic mass is 10.1. The molecule has 6 nitrogen and oxygen atoms in total. The van der Waals surface area contributed by atoms with Crippen molar-refractivity contribution in [3.63, 3.8) is 0 Å². The van der Waals surface area contributed by atoms with E-state index in [1.54, 1.807) is 25.3 Å². The number of rotatable bonds is 4. The van der Waals surface area contributed by atoms with Gasteiger partial charge in [0.25, 0.3) is 10.0 Å². The number of nitrogens with two attached hydrogens (primary N) is 1. The van der Waals surface area contributed by atoms with E-state index in [0.717, 1.165) is 11.1 Å². The van der Waals surface area contributed by atoms with Gasteiger partial charge in [-0.1, -0.05) is 6.92 Å². The Labute approximate surface area is 118 Å². The highest BCUT2D eigenvalue weighted by Gasteiger charge is 2.20. The number of aromatic nitrogens is 2. The van der Waals surface area contributed by atoms with Crippen LogP contribution in [0.2, 0.25) is 0 Å². The van der Waals surface area contributed by atoms with E-state index in [4.69, 9.17) is 5.73 Å². The minimum Gasteiger partial charge on any atom is -0.398 e. The van der Waals surface area contributed by atoms with Crippen molar-refractivity contribution in [1.29, 1.82) is 0 Å². The third kappa shape index (κ3) is 2.62. The molecule has 0 aliphatic heterocycles. The molecule has 0 radical (unpaired) electrons. The molecular formula is C13H18N4O2S. The molecule has 0 spiro atoms. The average Bonchev–Trinajstić information content (AvgIpc) is 2.80. The summed E-state index contributed by atoms with van der Waals surface area (Å²) in [6.45, 7) is 5.43. The first-order valence-corrected chi connectivity index (χ1v) is 7.75. The first-order valence-electron chi connectivity index (χ1n) is 6.27. The lowest BCUT2D eigenvalue weighted by Gasteiger charge is -2.12. The lowest BCUT2D eigenvalue weighted by Crippen LogP contribution is -2.16. The molecule has 1 heterocycles. The van der Waals surface area contributed by atoms with Crippen LogP contribution in [0.15, 0.2) is 23.2 Å². The number of hydrogen-bond donors (Lipinski definition) is 3. The number of benzene rings is 1. The van der Waals surface area contributed by atoms with E-state index < -0.39 is 10.0 Å². The Morgan fingerprint density at radius 3 is 2.70 bits per heavy atom. The van der Waals surface area contributed by atoms with E-state index in [1.807, 2.05) is 13.8 Å². The topological polar surface area (TPSA) is 101 Å². The fourth-order valence-corrected chi connectivity index (χ4v) is 3.41. The van der Waals surface area contributed by atoms with Gasteiger partial charge in [-0.3, -0.25) is 9.82 Å². The smallest absolute Gasteiger partial charge is 0.263 e. The Morgan fingerprint density at radius 2 is 2.05 bits per heavy atom. The Hall–Kier alpha value is -2.02. The molecule has 0 saturated heterocycles. The molecule has 1 aromatic carbocycles. The van der Waals surface area contributed by atoms with Crippen LogP contribution in [-0.4, -0.2) is 18.6 Å². The van der Waals surface area contributed by atoms with Crippen LogP contribution in [0.4, 0.5) is 11.5 Å². The van der Waals surface area contributed by atoms with E-state index in [2.05, 4.69) is 14.9 Å². The van der Waals surface area contributed by atoms with E-state index in [9.17, 15) is 8.42 Å². The number of anilines is 2. The van der Waals surface area contributed by atoms with Crippen molar-refractivity contribution in [3.8, 4) is 0 Å². The number of sulfonamides is 1. The molecule has 0 unspecified atom stereocenters. The first kappa shape index (κ1) is 14.4. The molecule has 20 heavy (non-hydrogen) atoms. The fourth-order valence-electron chi connectivity index (χ4n) is 1.99. The maximum Gasteiger partial charge on any atom is 0.263 e. The minimum absolute atomic E-state index is 0.187. The molecule has 0 aliphatic carbocycles. The summed E-state index contributed by atoms with van der Waals surface area (Å²) in [5, 5.41) is 6.51. The zero-order chi connectivity index (χ0) is 14.9. The van der Waals surface area contributed by atoms with Crippen LogP contribution in [0.3, 0.4) is 0 Å². The van der Waals surface area contributed by atoms with Gasteiger partial charge >= 0.3 is 0 Å². The average molecular weight is 294 g/mol. The Kier molecular flexibility index (Phi) is 3.71. The molecule has 2 rings (SSSR count). The van der Waals surface area contributed by atoms with Gasteiger partial charge in [-0.15, -0.1) is 0 Å². The van der Waals surface area contributed by atoms with Crippen LogP contribution in [0.25, 0.3) is 0 Å². The third-order valence-electron chi connectivity index (χ3n) is 3.17. The summed E-state index contributed by atoms with van der Waals surface area (Å²) in [4.78, 5) is 0.187. The van der Waals surface area contributed by atoms with Crippen LogP contribution in [0, 0.1) is 13.8 Å².